The summed E-state index contributed by atoms with van der Waals surface area (Å²) >= 11 is 0. The maximum atomic E-state index is 11.9. The molecule has 0 atom stereocenters. The van der Waals surface area contributed by atoms with E-state index in [9.17, 15) is 22.8 Å². The predicted octanol–water partition coefficient (Wildman–Crippen LogP) is 0.778. The number of hydrogen-bond donors (Lipinski definition) is 1. The summed E-state index contributed by atoms with van der Waals surface area (Å²) in [5.74, 6) is -0.979. The van der Waals surface area contributed by atoms with Crippen LogP contribution >= 0.6 is 0 Å². The average Bonchev–Trinajstić information content (AvgIpc) is 2.50. The Labute approximate surface area is 107 Å². The van der Waals surface area contributed by atoms with Crippen LogP contribution in [-0.4, -0.2) is 72.5 Å². The van der Waals surface area contributed by atoms with Crippen LogP contribution in [0.5, 0.6) is 0 Å². The smallest absolute Gasteiger partial charge is 0.422 e. The number of alkyl halides is 3. The van der Waals surface area contributed by atoms with Crippen molar-refractivity contribution >= 4 is 12.1 Å². The Morgan fingerprint density at radius 2 is 1.84 bits per heavy atom. The maximum Gasteiger partial charge on any atom is 0.422 e. The third-order valence-corrected chi connectivity index (χ3v) is 2.56. The number of amides is 1. The number of rotatable bonds is 3. The first-order valence-corrected chi connectivity index (χ1v) is 5.70. The molecule has 0 aromatic rings. The largest absolute Gasteiger partial charge is 0.480 e. The number of carboxylic acids is 1. The lowest BCUT2D eigenvalue weighted by molar-refractivity contribution is -0.162. The third kappa shape index (κ3) is 6.27. The van der Waals surface area contributed by atoms with Crippen LogP contribution in [0.4, 0.5) is 18.0 Å². The van der Waals surface area contributed by atoms with Gasteiger partial charge in [-0.15, -0.1) is 0 Å². The van der Waals surface area contributed by atoms with E-state index >= 15 is 0 Å². The highest BCUT2D eigenvalue weighted by Gasteiger charge is 2.31. The summed E-state index contributed by atoms with van der Waals surface area (Å²) in [7, 11) is 0. The molecule has 0 aromatic heterocycles. The van der Waals surface area contributed by atoms with Gasteiger partial charge >= 0.3 is 18.2 Å². The normalized spacial score (nSPS) is 17.9. The minimum Gasteiger partial charge on any atom is -0.480 e. The minimum atomic E-state index is -4.54. The summed E-state index contributed by atoms with van der Waals surface area (Å²) in [6.45, 7) is -0.563. The van der Waals surface area contributed by atoms with Gasteiger partial charge in [0.15, 0.2) is 6.61 Å². The molecule has 0 saturated carbocycles. The number of hydrogen-bond acceptors (Lipinski definition) is 4. The molecule has 6 nitrogen and oxygen atoms in total. The van der Waals surface area contributed by atoms with Gasteiger partial charge in [-0.3, -0.25) is 9.69 Å². The van der Waals surface area contributed by atoms with E-state index in [2.05, 4.69) is 4.74 Å². The first kappa shape index (κ1) is 15.5. The van der Waals surface area contributed by atoms with E-state index in [0.717, 1.165) is 4.90 Å². The molecule has 19 heavy (non-hydrogen) atoms. The van der Waals surface area contributed by atoms with Gasteiger partial charge < -0.3 is 14.7 Å². The zero-order valence-electron chi connectivity index (χ0n) is 10.2. The van der Waals surface area contributed by atoms with Gasteiger partial charge in [0.25, 0.3) is 0 Å². The van der Waals surface area contributed by atoms with Gasteiger partial charge in [0.1, 0.15) is 0 Å². The van der Waals surface area contributed by atoms with Crippen molar-refractivity contribution in [1.82, 2.24) is 9.80 Å². The summed E-state index contributed by atoms with van der Waals surface area (Å²) in [6, 6.07) is 0. The molecule has 0 bridgehead atoms. The van der Waals surface area contributed by atoms with Gasteiger partial charge in [-0.05, 0) is 6.42 Å². The van der Waals surface area contributed by atoms with Gasteiger partial charge in [0, 0.05) is 26.2 Å². The molecule has 110 valence electrons. The molecule has 0 aromatic carbocycles. The van der Waals surface area contributed by atoms with E-state index in [1.54, 1.807) is 4.90 Å². The molecule has 1 fully saturated rings. The second kappa shape index (κ2) is 6.60. The molecule has 0 radical (unpaired) electrons. The zero-order chi connectivity index (χ0) is 14.5. The third-order valence-electron chi connectivity index (χ3n) is 2.56. The topological polar surface area (TPSA) is 70.1 Å². The van der Waals surface area contributed by atoms with Crippen molar-refractivity contribution in [1.29, 1.82) is 0 Å². The minimum absolute atomic E-state index is 0.147. The Morgan fingerprint density at radius 3 is 2.42 bits per heavy atom. The Balaban J connectivity index is 2.39. The fourth-order valence-electron chi connectivity index (χ4n) is 1.74. The number of halogens is 3. The number of ether oxygens (including phenoxy) is 1. The van der Waals surface area contributed by atoms with Gasteiger partial charge in [-0.2, -0.15) is 13.2 Å². The average molecular weight is 284 g/mol. The quantitative estimate of drug-likeness (QED) is 0.829. The van der Waals surface area contributed by atoms with E-state index in [1.807, 2.05) is 0 Å². The Hall–Kier alpha value is -1.51. The van der Waals surface area contributed by atoms with Crippen molar-refractivity contribution < 1.29 is 32.6 Å². The van der Waals surface area contributed by atoms with Gasteiger partial charge in [-0.1, -0.05) is 0 Å². The molecule has 1 N–H and O–H groups in total. The predicted molar refractivity (Wildman–Crippen MR) is 57.7 cm³/mol. The van der Waals surface area contributed by atoms with E-state index in [-0.39, 0.29) is 19.6 Å². The van der Waals surface area contributed by atoms with E-state index in [4.69, 9.17) is 5.11 Å². The summed E-state index contributed by atoms with van der Waals surface area (Å²) in [5, 5.41) is 8.63. The lowest BCUT2D eigenvalue weighted by Crippen LogP contribution is -2.38. The van der Waals surface area contributed by atoms with E-state index in [0.29, 0.717) is 19.5 Å². The lowest BCUT2D eigenvalue weighted by atomic mass is 10.4. The molecule has 0 spiro atoms. The SMILES string of the molecule is O=C(O)CN1CCCN(C(=O)OCC(F)(F)F)CC1. The van der Waals surface area contributed by atoms with Crippen molar-refractivity contribution in [3.63, 3.8) is 0 Å². The summed E-state index contributed by atoms with van der Waals surface area (Å²) in [6.07, 6.45) is -5.07. The van der Waals surface area contributed by atoms with Crippen LogP contribution in [0.3, 0.4) is 0 Å². The number of carbonyl (C=O) groups excluding carboxylic acids is 1. The molecule has 0 aliphatic carbocycles. The van der Waals surface area contributed by atoms with Crippen molar-refractivity contribution in [3.8, 4) is 0 Å². The van der Waals surface area contributed by atoms with Crippen molar-refractivity contribution in [2.75, 3.05) is 39.3 Å². The monoisotopic (exact) mass is 284 g/mol. The molecule has 1 amide bonds. The van der Waals surface area contributed by atoms with Crippen molar-refractivity contribution in [2.24, 2.45) is 0 Å². The zero-order valence-corrected chi connectivity index (χ0v) is 10.2. The van der Waals surface area contributed by atoms with Crippen LogP contribution in [-0.2, 0) is 9.53 Å². The maximum absolute atomic E-state index is 11.9. The molecule has 1 aliphatic heterocycles. The van der Waals surface area contributed by atoms with Crippen LogP contribution in [0.25, 0.3) is 0 Å². The fraction of sp³-hybridized carbons (Fsp3) is 0.800. The summed E-state index contributed by atoms with van der Waals surface area (Å²) in [5.41, 5.74) is 0. The number of nitrogens with zero attached hydrogens (tertiary/aromatic N) is 2. The van der Waals surface area contributed by atoms with Crippen LogP contribution in [0, 0.1) is 0 Å². The highest BCUT2D eigenvalue weighted by atomic mass is 19.4. The number of carbonyl (C=O) groups is 2. The van der Waals surface area contributed by atoms with Crippen LogP contribution in [0.15, 0.2) is 0 Å². The standard InChI is InChI=1S/C10H15F3N2O4/c11-10(12,13)7-19-9(18)15-3-1-2-14(4-5-15)6-8(16)17/h1-7H2,(H,16,17). The van der Waals surface area contributed by atoms with Crippen molar-refractivity contribution in [3.05, 3.63) is 0 Å². The molecule has 1 rings (SSSR count). The van der Waals surface area contributed by atoms with Crippen molar-refractivity contribution in [2.45, 2.75) is 12.6 Å². The highest BCUT2D eigenvalue weighted by molar-refractivity contribution is 5.69. The first-order valence-electron chi connectivity index (χ1n) is 5.70. The summed E-state index contributed by atoms with van der Waals surface area (Å²) in [4.78, 5) is 24.7. The summed E-state index contributed by atoms with van der Waals surface area (Å²) < 4.78 is 39.8. The van der Waals surface area contributed by atoms with E-state index in [1.165, 1.54) is 0 Å². The Morgan fingerprint density at radius 1 is 1.16 bits per heavy atom. The second-order valence-electron chi connectivity index (χ2n) is 4.18. The Kier molecular flexibility index (Phi) is 5.40. The van der Waals surface area contributed by atoms with Crippen LogP contribution < -0.4 is 0 Å². The molecular formula is C10H15F3N2O4. The number of aliphatic carboxylic acids is 1. The Bertz CT molecular complexity index is 335. The molecule has 1 saturated heterocycles. The lowest BCUT2D eigenvalue weighted by Gasteiger charge is -2.21. The molecule has 1 heterocycles. The van der Waals surface area contributed by atoms with Crippen LogP contribution in [0.2, 0.25) is 0 Å². The second-order valence-corrected chi connectivity index (χ2v) is 4.18. The number of carboxylic acid groups (broad SMARTS) is 1. The van der Waals surface area contributed by atoms with Gasteiger partial charge in [-0.25, -0.2) is 4.79 Å². The van der Waals surface area contributed by atoms with Gasteiger partial charge in [0.2, 0.25) is 0 Å². The molecular weight excluding hydrogens is 269 g/mol. The fourth-order valence-corrected chi connectivity index (χ4v) is 1.74. The highest BCUT2D eigenvalue weighted by Crippen LogP contribution is 2.15. The molecule has 1 aliphatic rings. The van der Waals surface area contributed by atoms with E-state index < -0.39 is 24.8 Å². The molecule has 9 heteroatoms. The van der Waals surface area contributed by atoms with Crippen LogP contribution in [0.1, 0.15) is 6.42 Å². The molecule has 0 unspecified atom stereocenters. The van der Waals surface area contributed by atoms with Gasteiger partial charge in [0.05, 0.1) is 6.54 Å². The first-order chi connectivity index (χ1) is 8.78.